The first-order valence-electron chi connectivity index (χ1n) is 29.1. The molecule has 5 heterocycles. The molecule has 0 saturated carbocycles. The topological polar surface area (TPSA) is 443 Å². The summed E-state index contributed by atoms with van der Waals surface area (Å²) in [6, 6.07) is 21.6. The van der Waals surface area contributed by atoms with Crippen LogP contribution in [0.5, 0.6) is 5.75 Å². The summed E-state index contributed by atoms with van der Waals surface area (Å²) in [6.07, 6.45) is 6.67. The summed E-state index contributed by atoms with van der Waals surface area (Å²) >= 11 is 3.25. The fraction of sp³-hybridized carbons (Fsp3) is 0.183. The molecule has 8 aliphatic rings. The van der Waals surface area contributed by atoms with Crippen LogP contribution >= 0.6 is 77.6 Å². The van der Waals surface area contributed by atoms with E-state index in [4.69, 9.17) is 17.2 Å². The van der Waals surface area contributed by atoms with Crippen LogP contribution in [0.15, 0.2) is 212 Å². The van der Waals surface area contributed by atoms with Crippen LogP contribution < -0.4 is 47.5 Å². The summed E-state index contributed by atoms with van der Waals surface area (Å²) in [7, 11) is -4.01. The van der Waals surface area contributed by atoms with Crippen LogP contribution in [0.4, 0.5) is 56.9 Å². The van der Waals surface area contributed by atoms with Crippen molar-refractivity contribution >= 4 is 182 Å². The quantitative estimate of drug-likeness (QED) is 0.0118. The first-order chi connectivity index (χ1) is 45.9. The molecule has 0 aromatic heterocycles. The van der Waals surface area contributed by atoms with Crippen LogP contribution in [-0.2, 0) is 26.6 Å². The van der Waals surface area contributed by atoms with Crippen LogP contribution in [0, 0.1) is 0 Å². The van der Waals surface area contributed by atoms with Gasteiger partial charge in [0.2, 0.25) is 34.2 Å². The van der Waals surface area contributed by atoms with Gasteiger partial charge in [-0.3, -0.25) is 9.27 Å². The van der Waals surface area contributed by atoms with Gasteiger partial charge in [-0.2, -0.15) is 23.8 Å². The molecule has 0 radical (unpaired) electrons. The van der Waals surface area contributed by atoms with Gasteiger partial charge in [0, 0.05) is 17.8 Å². The van der Waals surface area contributed by atoms with Crippen molar-refractivity contribution in [2.75, 3.05) is 49.5 Å². The molecule has 3 atom stereocenters. The number of aliphatic hydroxyl groups is 2. The molecule has 3 aliphatic carbocycles. The highest BCUT2D eigenvalue weighted by Crippen LogP contribution is 2.61. The predicted octanol–water partition coefficient (Wildman–Crippen LogP) is 8.90. The van der Waals surface area contributed by atoms with Crippen molar-refractivity contribution in [3.8, 4) is 5.75 Å². The van der Waals surface area contributed by atoms with Crippen LogP contribution in [0.25, 0.3) is 10.8 Å². The van der Waals surface area contributed by atoms with Crippen molar-refractivity contribution < 1.29 is 65.3 Å². The van der Waals surface area contributed by atoms with E-state index >= 15 is 0 Å². The molecule has 4 bridgehead atoms. The molecule has 96 heavy (non-hydrogen) atoms. The SMILES string of the molecule is CN(C)CCCNCCCc1ccc(N=Nc2c(S(O)(O)O)cc3cc(S(=O)(=O)O)c(N=Nc4ccc(S(=O)(=O)Nc5ccc(N=NC6=C(N)C(O)=C7SSc8c9c(cc%10c8SC7C6=[NH+]%10)[NH+]=C6C7=C8SC%10C(=[NH+]C8=CC6N9)C=C(N)C(O)=C%10SS7)cc5)cc4)c(N)c3c2O)cc1. The average Bonchev–Trinajstić information content (AvgIpc) is 1.40. The number of phenolic OH excluding ortho intramolecular Hbond substituents is 1. The van der Waals surface area contributed by atoms with Gasteiger partial charge in [-0.15, -0.1) is 15.3 Å². The van der Waals surface area contributed by atoms with Crippen LogP contribution in [-0.4, -0.2) is 123 Å². The number of hydrogen-bond acceptors (Lipinski definition) is 28. The van der Waals surface area contributed by atoms with Gasteiger partial charge in [0.15, 0.2) is 23.0 Å². The third-order valence-corrected chi connectivity index (χ3v) is 27.7. The van der Waals surface area contributed by atoms with Crippen molar-refractivity contribution in [3.63, 3.8) is 0 Å². The number of phenols is 1. The number of rotatable bonds is 19. The number of aliphatic hydroxyl groups excluding tert-OH is 2. The van der Waals surface area contributed by atoms with Crippen molar-refractivity contribution in [1.29, 1.82) is 0 Å². The molecule has 36 heteroatoms. The van der Waals surface area contributed by atoms with Crippen molar-refractivity contribution in [3.05, 3.63) is 163 Å². The highest BCUT2D eigenvalue weighted by atomic mass is 33.1. The van der Waals surface area contributed by atoms with E-state index < -0.39 is 68.9 Å². The number of azo groups is 3. The number of nitrogen functional groups attached to an aromatic ring is 1. The summed E-state index contributed by atoms with van der Waals surface area (Å²) in [5.74, 6) is -0.873. The molecule has 6 aromatic carbocycles. The second kappa shape index (κ2) is 25.6. The zero-order chi connectivity index (χ0) is 67.3. The third-order valence-electron chi connectivity index (χ3n) is 16.1. The normalized spacial score (nSPS) is 19.9. The van der Waals surface area contributed by atoms with Crippen LogP contribution in [0.2, 0.25) is 0 Å². The Bertz CT molecular complexity index is 5010. The molecule has 27 nitrogen and oxygen atoms in total. The van der Waals surface area contributed by atoms with E-state index in [0.29, 0.717) is 27.7 Å². The van der Waals surface area contributed by atoms with E-state index in [1.807, 2.05) is 32.3 Å². The monoisotopic (exact) mass is 1470 g/mol. The van der Waals surface area contributed by atoms with Gasteiger partial charge in [-0.05, 0) is 158 Å². The smallest absolute Gasteiger partial charge is 0.296 e. The van der Waals surface area contributed by atoms with E-state index in [2.05, 4.69) is 72.0 Å². The molecule has 14 rings (SSSR count). The molecule has 494 valence electrons. The molecule has 6 aromatic rings. The maximum absolute atomic E-state index is 13.7. The number of hydrogen-bond donors (Lipinski definition) is 16. The summed E-state index contributed by atoms with van der Waals surface area (Å²) < 4.78 is 97.4. The van der Waals surface area contributed by atoms with Crippen molar-refractivity contribution in [2.45, 2.75) is 60.3 Å². The molecule has 0 amide bonds. The zero-order valence-electron chi connectivity index (χ0n) is 50.1. The molecule has 19 N–H and O–H groups in total. The fourth-order valence-corrected chi connectivity index (χ4v) is 23.1. The first kappa shape index (κ1) is 65.6. The van der Waals surface area contributed by atoms with Crippen LogP contribution in [0.3, 0.4) is 0 Å². The lowest BCUT2D eigenvalue weighted by molar-refractivity contribution is -0.393. The minimum Gasteiger partial charge on any atom is -0.505 e. The highest BCUT2D eigenvalue weighted by molar-refractivity contribution is 8.80. The number of nitrogens with zero attached hydrogens (tertiary/aromatic N) is 7. The van der Waals surface area contributed by atoms with E-state index in [1.54, 1.807) is 52.5 Å². The number of aromatic hydroxyl groups is 1. The number of nitrogens with two attached hydrogens (primary N) is 3. The Balaban J connectivity index is 0.667. The summed E-state index contributed by atoms with van der Waals surface area (Å²) in [4.78, 5) is 16.7. The second-order valence-electron chi connectivity index (χ2n) is 22.9. The maximum Gasteiger partial charge on any atom is 0.296 e. The van der Waals surface area contributed by atoms with Gasteiger partial charge in [-0.25, -0.2) is 23.4 Å². The van der Waals surface area contributed by atoms with Crippen molar-refractivity contribution in [1.82, 2.24) is 10.2 Å². The highest BCUT2D eigenvalue weighted by Gasteiger charge is 2.51. The zero-order valence-corrected chi connectivity index (χ0v) is 57.4. The third kappa shape index (κ3) is 12.5. The number of anilines is 3. The Labute approximate surface area is 573 Å². The van der Waals surface area contributed by atoms with Gasteiger partial charge < -0.3 is 61.7 Å². The van der Waals surface area contributed by atoms with E-state index in [0.717, 1.165) is 115 Å². The van der Waals surface area contributed by atoms with Gasteiger partial charge in [-0.1, -0.05) is 57.2 Å². The summed E-state index contributed by atoms with van der Waals surface area (Å²) in [5.41, 5.74) is 25.9. The van der Waals surface area contributed by atoms with Crippen molar-refractivity contribution in [2.24, 2.45) is 42.2 Å². The minimum absolute atomic E-state index is 0.00449. The Morgan fingerprint density at radius 2 is 1.30 bits per heavy atom. The van der Waals surface area contributed by atoms with Gasteiger partial charge in [0.1, 0.15) is 64.9 Å². The molecule has 5 aliphatic heterocycles. The van der Waals surface area contributed by atoms with Crippen LogP contribution in [0.1, 0.15) is 18.4 Å². The lowest BCUT2D eigenvalue weighted by Crippen LogP contribution is -2.78. The molecular weight excluding hydrogens is 1410 g/mol. The number of thioether (sulfide) groups is 2. The van der Waals surface area contributed by atoms with Gasteiger partial charge >= 0.3 is 0 Å². The molecule has 3 unspecified atom stereocenters. The Hall–Kier alpha value is -7.66. The number of allylic oxidation sites excluding steroid dienone is 2. The van der Waals surface area contributed by atoms with E-state index in [9.17, 15) is 50.4 Å². The van der Waals surface area contributed by atoms with E-state index in [1.165, 1.54) is 80.9 Å². The first-order valence-corrected chi connectivity index (χ1v) is 39.6. The largest absolute Gasteiger partial charge is 0.505 e. The minimum atomic E-state index is -5.17. The molecule has 0 spiro atoms. The Morgan fingerprint density at radius 3 is 2.01 bits per heavy atom. The number of aryl methyl sites for hydroxylation is 1. The molecular formula is C60H57N16O11S9+3. The lowest BCUT2D eigenvalue weighted by Gasteiger charge is -2.28. The Morgan fingerprint density at radius 1 is 0.656 bits per heavy atom. The summed E-state index contributed by atoms with van der Waals surface area (Å²) in [6.45, 7) is 2.74. The van der Waals surface area contributed by atoms with E-state index in [-0.39, 0.29) is 61.2 Å². The average molecular weight is 1470 g/mol. The standard InChI is InChI=1S/C60H54N16O11S9/c1-76(2)20-4-19-64-18-3-5-26-6-8-28(9-7-26)70-73-47-40(96(85,86)87)22-27-21-39(95(82,83)84)46(42(62)41(27)51(47)78)72-69-30-14-16-32(17-15-30)94(80,81)75-31-12-10-29(11-13-31)71-74-48-43(63)52(79)60-56-49(48)68-38-25-35-45(58(91-93-60)54(38)89-56)66-34-24-37-53-57(44(34)67-35)90-92-59-50(77)33(61)23-36(65-37)55(59)88-53/h6-17,21-25,34,55-56,64,66,75,77-79,85-87H,3-5,18-20,61-63H2,1-2H3,(H,82,83,84)/p+3. The number of sulfonamides is 1. The molecule has 0 fully saturated rings. The number of benzene rings is 6. The maximum atomic E-state index is 13.7. The van der Waals surface area contributed by atoms with Gasteiger partial charge in [0.05, 0.1) is 69.3 Å². The molecule has 0 saturated heterocycles. The Kier molecular flexibility index (Phi) is 17.5. The van der Waals surface area contributed by atoms with Gasteiger partial charge in [0.25, 0.3) is 20.1 Å². The fourth-order valence-electron chi connectivity index (χ4n) is 11.4. The predicted molar refractivity (Wildman–Crippen MR) is 380 cm³/mol. The second-order valence-corrected chi connectivity index (χ2v) is 34.0. The number of nitrogens with one attached hydrogen (secondary N) is 6. The lowest BCUT2D eigenvalue weighted by atomic mass is 9.99. The number of fused-ring (bicyclic) bond motifs is 5. The summed E-state index contributed by atoms with van der Waals surface area (Å²) in [5, 5.41) is 65.7.